The summed E-state index contributed by atoms with van der Waals surface area (Å²) >= 11 is 0. The molecule has 0 aliphatic heterocycles. The van der Waals surface area contributed by atoms with Crippen LogP contribution in [0.5, 0.6) is 11.5 Å². The van der Waals surface area contributed by atoms with Gasteiger partial charge in [-0.25, -0.2) is 0 Å². The van der Waals surface area contributed by atoms with Crippen molar-refractivity contribution in [3.05, 3.63) is 138 Å². The number of rotatable bonds is 4. The highest BCUT2D eigenvalue weighted by Gasteiger charge is 2.43. The number of ether oxygens (including phenoxy) is 2. The number of aryl methyl sites for hydroxylation is 1. The molecule has 0 heterocycles. The molecule has 2 aliphatic rings. The summed E-state index contributed by atoms with van der Waals surface area (Å²) in [4.78, 5) is 6.30. The van der Waals surface area contributed by atoms with Gasteiger partial charge in [-0.05, 0) is 46.9 Å². The van der Waals surface area contributed by atoms with Crippen LogP contribution in [0.4, 0.5) is 39.5 Å². The number of allylic oxidation sites excluding steroid dienone is 3. The van der Waals surface area contributed by atoms with E-state index < -0.39 is 92.9 Å². The standard InChI is InChI=1S/C34H15F9N4O2/c1-16-4-6-17(7-5-16)26-24(31(46-2)47-3)13-23-28(26)29(48-33(38,39)40)22-12-21(19(14-44)15-45)25(27(22)30(23)49-34(41,42)43)18-8-10-20(11-9-18)32(35,36)37/h4-11H,12-13H2,1H3. The van der Waals surface area contributed by atoms with Gasteiger partial charge >= 0.3 is 24.7 Å². The number of nitrogens with zero attached hydrogens (tertiary/aromatic N) is 4. The zero-order valence-electron chi connectivity index (χ0n) is 24.5. The van der Waals surface area contributed by atoms with Crippen LogP contribution in [0.1, 0.15) is 33.4 Å². The molecule has 0 spiro atoms. The van der Waals surface area contributed by atoms with Crippen molar-refractivity contribution in [2.24, 2.45) is 0 Å². The van der Waals surface area contributed by atoms with E-state index >= 15 is 0 Å². The van der Waals surface area contributed by atoms with Gasteiger partial charge in [0.15, 0.2) is 0 Å². The van der Waals surface area contributed by atoms with Crippen molar-refractivity contribution in [1.29, 1.82) is 10.5 Å². The molecule has 3 aromatic rings. The highest BCUT2D eigenvalue weighted by atomic mass is 19.4. The predicted octanol–water partition coefficient (Wildman–Crippen LogP) is 7.72. The summed E-state index contributed by atoms with van der Waals surface area (Å²) in [5, 5.41) is 18.2. The van der Waals surface area contributed by atoms with Crippen LogP contribution in [0.25, 0.3) is 20.8 Å². The Balaban J connectivity index is 2.12. The van der Waals surface area contributed by atoms with Crippen LogP contribution in [0.2, 0.25) is 0 Å². The Morgan fingerprint density at radius 1 is 0.673 bits per heavy atom. The molecular weight excluding hydrogens is 667 g/mol. The van der Waals surface area contributed by atoms with Crippen LogP contribution in [0.3, 0.4) is 0 Å². The number of hydrogen-bond donors (Lipinski definition) is 0. The van der Waals surface area contributed by atoms with Crippen LogP contribution in [0, 0.1) is 42.7 Å². The Morgan fingerprint density at radius 3 is 1.47 bits per heavy atom. The molecule has 6 nitrogen and oxygen atoms in total. The molecule has 0 fully saturated rings. The molecule has 0 saturated heterocycles. The molecule has 0 saturated carbocycles. The molecule has 0 radical (unpaired) electrons. The van der Waals surface area contributed by atoms with Crippen molar-refractivity contribution in [2.45, 2.75) is 38.7 Å². The first-order valence-corrected chi connectivity index (χ1v) is 13.7. The lowest BCUT2D eigenvalue weighted by molar-refractivity contribution is -0.277. The molecule has 246 valence electrons. The average molecular weight is 683 g/mol. The number of halogens is 9. The second kappa shape index (κ2) is 12.1. The van der Waals surface area contributed by atoms with Gasteiger partial charge < -0.3 is 9.47 Å². The Kier molecular flexibility index (Phi) is 8.44. The fraction of sp³-hybridized carbons (Fsp3) is 0.176. The number of fused-ring (bicyclic) bond motifs is 2. The lowest BCUT2D eigenvalue weighted by Crippen LogP contribution is -2.32. The quantitative estimate of drug-likeness (QED) is 0.161. The smallest absolute Gasteiger partial charge is 0.405 e. The lowest BCUT2D eigenvalue weighted by Gasteiger charge is -2.19. The van der Waals surface area contributed by atoms with Crippen molar-refractivity contribution in [3.8, 4) is 23.6 Å². The molecule has 0 amide bonds. The van der Waals surface area contributed by atoms with E-state index in [1.807, 2.05) is 0 Å². The summed E-state index contributed by atoms with van der Waals surface area (Å²) in [6, 6.07) is 11.8. The van der Waals surface area contributed by atoms with Gasteiger partial charge in [0.05, 0.1) is 11.1 Å². The van der Waals surface area contributed by atoms with Gasteiger partial charge in [-0.15, -0.1) is 26.3 Å². The van der Waals surface area contributed by atoms with E-state index in [4.69, 9.17) is 13.1 Å². The molecular formula is C34H15F9N4O2. The molecule has 0 unspecified atom stereocenters. The normalized spacial score (nSPS) is 13.9. The van der Waals surface area contributed by atoms with Gasteiger partial charge in [0.25, 0.3) is 0 Å². The molecule has 0 aromatic heterocycles. The van der Waals surface area contributed by atoms with E-state index in [0.717, 1.165) is 12.1 Å². The fourth-order valence-electron chi connectivity index (χ4n) is 5.87. The van der Waals surface area contributed by atoms with Crippen LogP contribution in [-0.2, 0) is 19.0 Å². The van der Waals surface area contributed by atoms with Crippen molar-refractivity contribution in [2.75, 3.05) is 0 Å². The number of benzene rings is 3. The van der Waals surface area contributed by atoms with E-state index in [1.54, 1.807) is 31.2 Å². The van der Waals surface area contributed by atoms with Gasteiger partial charge in [-0.2, -0.15) is 33.4 Å². The molecule has 5 rings (SSSR count). The molecule has 2 aliphatic carbocycles. The molecule has 0 atom stereocenters. The summed E-state index contributed by atoms with van der Waals surface area (Å²) in [6.07, 6.45) is -17.4. The Morgan fingerprint density at radius 2 is 1.08 bits per heavy atom. The predicted molar refractivity (Wildman–Crippen MR) is 153 cm³/mol. The van der Waals surface area contributed by atoms with Crippen LogP contribution >= 0.6 is 0 Å². The summed E-state index contributed by atoms with van der Waals surface area (Å²) < 4.78 is 134. The van der Waals surface area contributed by atoms with E-state index in [9.17, 15) is 50.0 Å². The summed E-state index contributed by atoms with van der Waals surface area (Å²) in [5.74, 6) is -2.81. The van der Waals surface area contributed by atoms with Crippen molar-refractivity contribution < 1.29 is 49.0 Å². The second-order valence-electron chi connectivity index (χ2n) is 10.6. The Labute approximate surface area is 270 Å². The SMILES string of the molecule is [C-]#[N+]C([N+]#[C-])=C1Cc2c(OC(F)(F)F)c3c(c(OC(F)(F)F)c2=C1c1ccc(C)cc1)CC(=C(C#N)C#N)C=3c1ccc(C(F)(F)F)cc1. The number of alkyl halides is 9. The third kappa shape index (κ3) is 6.39. The molecule has 0 bridgehead atoms. The van der Waals surface area contributed by atoms with Crippen molar-refractivity contribution in [1.82, 2.24) is 0 Å². The van der Waals surface area contributed by atoms with Gasteiger partial charge in [-0.1, -0.05) is 42.0 Å². The maximum absolute atomic E-state index is 14.2. The first-order chi connectivity index (χ1) is 22.9. The van der Waals surface area contributed by atoms with Gasteiger partial charge in [0, 0.05) is 34.4 Å². The van der Waals surface area contributed by atoms with Gasteiger partial charge in [-0.3, -0.25) is 0 Å². The highest BCUT2D eigenvalue weighted by molar-refractivity contribution is 5.91. The largest absolute Gasteiger partial charge is 0.573 e. The first kappa shape index (κ1) is 34.2. The van der Waals surface area contributed by atoms with E-state index in [1.165, 1.54) is 12.1 Å². The minimum Gasteiger partial charge on any atom is -0.405 e. The first-order valence-electron chi connectivity index (χ1n) is 13.7. The third-order valence-electron chi connectivity index (χ3n) is 7.70. The van der Waals surface area contributed by atoms with Gasteiger partial charge in [0.1, 0.15) is 42.4 Å². The molecule has 3 aromatic carbocycles. The van der Waals surface area contributed by atoms with Crippen LogP contribution in [-0.4, -0.2) is 12.7 Å². The van der Waals surface area contributed by atoms with Crippen molar-refractivity contribution >= 4 is 11.1 Å². The Bertz CT molecular complexity index is 2240. The zero-order chi connectivity index (χ0) is 36.1. The maximum Gasteiger partial charge on any atom is 0.573 e. The van der Waals surface area contributed by atoms with E-state index in [2.05, 4.69) is 19.2 Å². The maximum atomic E-state index is 14.2. The summed E-state index contributed by atoms with van der Waals surface area (Å²) in [6.45, 7) is 16.8. The van der Waals surface area contributed by atoms with Crippen LogP contribution in [0.15, 0.2) is 71.1 Å². The van der Waals surface area contributed by atoms with E-state index in [0.29, 0.717) is 17.7 Å². The molecule has 0 N–H and O–H groups in total. The van der Waals surface area contributed by atoms with E-state index in [-0.39, 0.29) is 22.3 Å². The monoisotopic (exact) mass is 682 g/mol. The minimum absolute atomic E-state index is 0.115. The minimum atomic E-state index is -5.50. The molecule has 49 heavy (non-hydrogen) atoms. The fourth-order valence-corrected chi connectivity index (χ4v) is 5.87. The lowest BCUT2D eigenvalue weighted by atomic mass is 9.94. The average Bonchev–Trinajstić information content (AvgIpc) is 3.60. The number of hydrogen-bond acceptors (Lipinski definition) is 4. The molecule has 15 heteroatoms. The zero-order valence-corrected chi connectivity index (χ0v) is 24.5. The second-order valence-corrected chi connectivity index (χ2v) is 10.6. The summed E-state index contributed by atoms with van der Waals surface area (Å²) in [5.41, 5.74) is -3.90. The van der Waals surface area contributed by atoms with Crippen molar-refractivity contribution in [3.63, 3.8) is 0 Å². The highest BCUT2D eigenvalue weighted by Crippen LogP contribution is 2.44. The third-order valence-corrected chi connectivity index (χ3v) is 7.70. The summed E-state index contributed by atoms with van der Waals surface area (Å²) in [7, 11) is 0. The topological polar surface area (TPSA) is 74.8 Å². The van der Waals surface area contributed by atoms with Gasteiger partial charge in [0.2, 0.25) is 0 Å². The number of nitriles is 2. The Hall–Kier alpha value is -6.19. The van der Waals surface area contributed by atoms with Crippen LogP contribution < -0.4 is 19.9 Å².